The van der Waals surface area contributed by atoms with Crippen molar-refractivity contribution in [1.82, 2.24) is 0 Å². The summed E-state index contributed by atoms with van der Waals surface area (Å²) in [5.74, 6) is -1.03. The van der Waals surface area contributed by atoms with Crippen LogP contribution in [-0.4, -0.2) is 26.2 Å². The maximum atomic E-state index is 11.6. The van der Waals surface area contributed by atoms with E-state index in [1.54, 1.807) is 0 Å². The number of hydrogen-bond acceptors (Lipinski definition) is 4. The molecule has 1 saturated carbocycles. The van der Waals surface area contributed by atoms with Crippen molar-refractivity contribution in [2.45, 2.75) is 32.6 Å². The first kappa shape index (κ1) is 13.0. The van der Waals surface area contributed by atoms with Gasteiger partial charge in [0.05, 0.1) is 14.2 Å². The second kappa shape index (κ2) is 5.87. The molecule has 92 valence electrons. The molecule has 1 aliphatic carbocycles. The van der Waals surface area contributed by atoms with E-state index >= 15 is 0 Å². The summed E-state index contributed by atoms with van der Waals surface area (Å²) in [6.45, 7) is 2.15. The molecule has 2 unspecified atom stereocenters. The van der Waals surface area contributed by atoms with Gasteiger partial charge in [-0.25, -0.2) is 0 Å². The summed E-state index contributed by atoms with van der Waals surface area (Å²) >= 11 is 0. The minimum Gasteiger partial charge on any atom is -0.468 e. The summed E-state index contributed by atoms with van der Waals surface area (Å²) in [6, 6.07) is 0. The molecule has 4 nitrogen and oxygen atoms in total. The van der Waals surface area contributed by atoms with E-state index in [4.69, 9.17) is 0 Å². The number of hydrogen-bond donors (Lipinski definition) is 0. The Kier molecular flexibility index (Phi) is 4.77. The predicted molar refractivity (Wildman–Crippen MR) is 58.6 cm³/mol. The molecular weight excluding hydrogens is 208 g/mol. The molecule has 0 bridgehead atoms. The molecule has 16 heavy (non-hydrogen) atoms. The summed E-state index contributed by atoms with van der Waals surface area (Å²) in [7, 11) is 2.62. The van der Waals surface area contributed by atoms with E-state index < -0.39 is 17.9 Å². The van der Waals surface area contributed by atoms with Crippen molar-refractivity contribution in [3.63, 3.8) is 0 Å². The molecule has 0 amide bonds. The molecule has 1 aliphatic rings. The van der Waals surface area contributed by atoms with Crippen LogP contribution in [0.2, 0.25) is 0 Å². The van der Waals surface area contributed by atoms with Gasteiger partial charge in [0.2, 0.25) is 0 Å². The lowest BCUT2D eigenvalue weighted by molar-refractivity contribution is -0.162. The zero-order chi connectivity index (χ0) is 12.1. The van der Waals surface area contributed by atoms with Crippen molar-refractivity contribution in [3.8, 4) is 0 Å². The maximum absolute atomic E-state index is 11.6. The largest absolute Gasteiger partial charge is 0.468 e. The quantitative estimate of drug-likeness (QED) is 0.545. The minimum absolute atomic E-state index is 0.0728. The van der Waals surface area contributed by atoms with Crippen molar-refractivity contribution in [1.29, 1.82) is 0 Å². The van der Waals surface area contributed by atoms with Crippen molar-refractivity contribution in [2.75, 3.05) is 14.2 Å². The smallest absolute Gasteiger partial charge is 0.320 e. The molecule has 0 aromatic carbocycles. The topological polar surface area (TPSA) is 52.6 Å². The first-order chi connectivity index (χ1) is 7.60. The molecule has 0 saturated heterocycles. The molecule has 0 aromatic heterocycles. The van der Waals surface area contributed by atoms with Gasteiger partial charge < -0.3 is 9.47 Å². The summed E-state index contributed by atoms with van der Waals surface area (Å²) in [6.07, 6.45) is 4.04. The maximum Gasteiger partial charge on any atom is 0.320 e. The highest BCUT2D eigenvalue weighted by atomic mass is 16.5. The van der Waals surface area contributed by atoms with Crippen LogP contribution >= 0.6 is 0 Å². The highest BCUT2D eigenvalue weighted by Gasteiger charge is 2.38. The lowest BCUT2D eigenvalue weighted by Gasteiger charge is -2.30. The fourth-order valence-corrected chi connectivity index (χ4v) is 2.52. The average molecular weight is 228 g/mol. The van der Waals surface area contributed by atoms with Crippen LogP contribution in [0, 0.1) is 17.8 Å². The predicted octanol–water partition coefficient (Wildman–Crippen LogP) is 1.77. The van der Waals surface area contributed by atoms with Crippen LogP contribution in [0.25, 0.3) is 0 Å². The van der Waals surface area contributed by atoms with Gasteiger partial charge in [0, 0.05) is 0 Å². The molecule has 0 radical (unpaired) electrons. The molecule has 4 heteroatoms. The Morgan fingerprint density at radius 3 is 2.12 bits per heavy atom. The lowest BCUT2D eigenvalue weighted by atomic mass is 9.75. The molecule has 0 N–H and O–H groups in total. The van der Waals surface area contributed by atoms with Gasteiger partial charge in [-0.15, -0.1) is 0 Å². The normalized spacial score (nSPS) is 25.2. The van der Waals surface area contributed by atoms with E-state index in [0.717, 1.165) is 19.3 Å². The fourth-order valence-electron chi connectivity index (χ4n) is 2.52. The summed E-state index contributed by atoms with van der Waals surface area (Å²) in [5.41, 5.74) is 0. The highest BCUT2D eigenvalue weighted by Crippen LogP contribution is 2.34. The fraction of sp³-hybridized carbons (Fsp3) is 0.833. The van der Waals surface area contributed by atoms with Crippen molar-refractivity contribution < 1.29 is 19.1 Å². The molecule has 1 rings (SSSR count). The van der Waals surface area contributed by atoms with Crippen molar-refractivity contribution in [3.05, 3.63) is 0 Å². The molecule has 1 fully saturated rings. The van der Waals surface area contributed by atoms with Crippen LogP contribution < -0.4 is 0 Å². The van der Waals surface area contributed by atoms with Gasteiger partial charge in [0.25, 0.3) is 0 Å². The monoisotopic (exact) mass is 228 g/mol. The Labute approximate surface area is 96.3 Å². The summed E-state index contributed by atoms with van der Waals surface area (Å²) in [4.78, 5) is 23.2. The van der Waals surface area contributed by atoms with Gasteiger partial charge in [-0.1, -0.05) is 19.8 Å². The molecule has 0 heterocycles. The van der Waals surface area contributed by atoms with E-state index in [1.165, 1.54) is 20.6 Å². The molecule has 0 aromatic rings. The Morgan fingerprint density at radius 2 is 1.69 bits per heavy atom. The second-order valence-electron chi connectivity index (χ2n) is 4.56. The van der Waals surface area contributed by atoms with Crippen molar-refractivity contribution in [2.24, 2.45) is 17.8 Å². The molecule has 0 aliphatic heterocycles. The lowest BCUT2D eigenvalue weighted by Crippen LogP contribution is -2.35. The van der Waals surface area contributed by atoms with Gasteiger partial charge >= 0.3 is 11.9 Å². The van der Waals surface area contributed by atoms with Crippen LogP contribution in [0.15, 0.2) is 0 Å². The first-order valence-electron chi connectivity index (χ1n) is 5.75. The van der Waals surface area contributed by atoms with Gasteiger partial charge in [0.1, 0.15) is 0 Å². The van der Waals surface area contributed by atoms with Crippen molar-refractivity contribution >= 4 is 11.9 Å². The SMILES string of the molecule is COC(=O)C(C(=O)OC)C1CCCC(C)C1. The number of carbonyl (C=O) groups excluding carboxylic acids is 2. The third-order valence-corrected chi connectivity index (χ3v) is 3.36. The van der Waals surface area contributed by atoms with Gasteiger partial charge in [-0.2, -0.15) is 0 Å². The third kappa shape index (κ3) is 2.97. The average Bonchev–Trinajstić information content (AvgIpc) is 2.29. The van der Waals surface area contributed by atoms with Gasteiger partial charge in [0.15, 0.2) is 5.92 Å². The number of carbonyl (C=O) groups is 2. The second-order valence-corrected chi connectivity index (χ2v) is 4.56. The zero-order valence-corrected chi connectivity index (χ0v) is 10.2. The van der Waals surface area contributed by atoms with E-state index in [0.29, 0.717) is 5.92 Å². The van der Waals surface area contributed by atoms with E-state index in [2.05, 4.69) is 16.4 Å². The zero-order valence-electron chi connectivity index (χ0n) is 10.2. The van der Waals surface area contributed by atoms with E-state index in [1.807, 2.05) is 0 Å². The van der Waals surface area contributed by atoms with Crippen LogP contribution in [-0.2, 0) is 19.1 Å². The Balaban J connectivity index is 2.75. The number of rotatable bonds is 3. The molecule has 0 spiro atoms. The van der Waals surface area contributed by atoms with E-state index in [-0.39, 0.29) is 5.92 Å². The Bertz CT molecular complexity index is 246. The van der Waals surface area contributed by atoms with Crippen LogP contribution in [0.4, 0.5) is 0 Å². The number of ether oxygens (including phenoxy) is 2. The van der Waals surface area contributed by atoms with E-state index in [9.17, 15) is 9.59 Å². The van der Waals surface area contributed by atoms with Crippen LogP contribution in [0.5, 0.6) is 0 Å². The highest BCUT2D eigenvalue weighted by molar-refractivity contribution is 5.95. The standard InChI is InChI=1S/C12H20O4/c1-8-5-4-6-9(7-8)10(11(13)15-2)12(14)16-3/h8-10H,4-7H2,1-3H3. The van der Waals surface area contributed by atoms with Crippen LogP contribution in [0.3, 0.4) is 0 Å². The van der Waals surface area contributed by atoms with Gasteiger partial charge in [-0.3, -0.25) is 9.59 Å². The first-order valence-corrected chi connectivity index (χ1v) is 5.75. The summed E-state index contributed by atoms with van der Waals surface area (Å²) in [5, 5.41) is 0. The molecular formula is C12H20O4. The molecule has 2 atom stereocenters. The Hall–Kier alpha value is -1.06. The van der Waals surface area contributed by atoms with Crippen LogP contribution in [0.1, 0.15) is 32.6 Å². The summed E-state index contributed by atoms with van der Waals surface area (Å²) < 4.78 is 9.37. The third-order valence-electron chi connectivity index (χ3n) is 3.36. The minimum atomic E-state index is -0.738. The van der Waals surface area contributed by atoms with Gasteiger partial charge in [-0.05, 0) is 24.7 Å². The Morgan fingerprint density at radius 1 is 1.12 bits per heavy atom. The number of esters is 2. The number of methoxy groups -OCH3 is 2.